The minimum Gasteiger partial charge on any atom is -0.442 e. The van der Waals surface area contributed by atoms with Crippen LogP contribution in [-0.4, -0.2) is 44.3 Å². The quantitative estimate of drug-likeness (QED) is 0.793. The number of ether oxygens (including phenoxy) is 1. The molecule has 2 fully saturated rings. The second-order valence-corrected chi connectivity index (χ2v) is 8.81. The van der Waals surface area contributed by atoms with Crippen LogP contribution < -0.4 is 15.1 Å². The number of cyclic esters (lactones) is 1. The van der Waals surface area contributed by atoms with Gasteiger partial charge in [0.05, 0.1) is 22.3 Å². The molecule has 2 aliphatic rings. The number of amides is 2. The molecule has 0 spiro atoms. The van der Waals surface area contributed by atoms with Crippen LogP contribution in [0.2, 0.25) is 4.34 Å². The van der Waals surface area contributed by atoms with E-state index in [1.165, 1.54) is 29.9 Å². The molecule has 2 saturated heterocycles. The molecule has 1 unspecified atom stereocenters. The van der Waals surface area contributed by atoms with Crippen molar-refractivity contribution in [1.82, 2.24) is 5.32 Å². The number of hydrogen-bond acceptors (Lipinski definition) is 5. The molecule has 1 atom stereocenters. The van der Waals surface area contributed by atoms with Crippen molar-refractivity contribution >= 4 is 46.3 Å². The SMILES string of the molecule is Cc1cc(N2CC(CNC(=O)c3ccc(Cl)s3)OC2=O)ccc1N1CCCC1. The zero-order valence-electron chi connectivity index (χ0n) is 15.6. The minimum absolute atomic E-state index is 0.211. The Morgan fingerprint density at radius 1 is 1.29 bits per heavy atom. The molecule has 0 aliphatic carbocycles. The predicted molar refractivity (Wildman–Crippen MR) is 112 cm³/mol. The Balaban J connectivity index is 1.38. The van der Waals surface area contributed by atoms with Crippen LogP contribution in [0.4, 0.5) is 16.2 Å². The van der Waals surface area contributed by atoms with Gasteiger partial charge in [-0.2, -0.15) is 0 Å². The van der Waals surface area contributed by atoms with Gasteiger partial charge in [0, 0.05) is 24.5 Å². The van der Waals surface area contributed by atoms with Crippen LogP contribution in [-0.2, 0) is 4.74 Å². The molecule has 148 valence electrons. The number of nitrogens with zero attached hydrogens (tertiary/aromatic N) is 2. The first kappa shape index (κ1) is 19.1. The fourth-order valence-corrected chi connectivity index (χ4v) is 4.65. The first-order chi connectivity index (χ1) is 13.5. The van der Waals surface area contributed by atoms with Gasteiger partial charge >= 0.3 is 6.09 Å². The summed E-state index contributed by atoms with van der Waals surface area (Å²) >= 11 is 7.08. The molecule has 28 heavy (non-hydrogen) atoms. The van der Waals surface area contributed by atoms with Gasteiger partial charge in [-0.3, -0.25) is 9.69 Å². The summed E-state index contributed by atoms with van der Waals surface area (Å²) in [6, 6.07) is 9.45. The van der Waals surface area contributed by atoms with E-state index in [0.717, 1.165) is 24.3 Å². The third kappa shape index (κ3) is 3.95. The van der Waals surface area contributed by atoms with E-state index in [4.69, 9.17) is 16.3 Å². The van der Waals surface area contributed by atoms with Crippen molar-refractivity contribution in [2.75, 3.05) is 36.0 Å². The van der Waals surface area contributed by atoms with Gasteiger partial charge in [-0.15, -0.1) is 11.3 Å². The lowest BCUT2D eigenvalue weighted by atomic mass is 10.1. The number of nitrogens with one attached hydrogen (secondary N) is 1. The van der Waals surface area contributed by atoms with Crippen LogP contribution in [0.15, 0.2) is 30.3 Å². The molecule has 1 aromatic heterocycles. The van der Waals surface area contributed by atoms with Gasteiger partial charge in [-0.1, -0.05) is 11.6 Å². The van der Waals surface area contributed by atoms with E-state index in [2.05, 4.69) is 23.2 Å². The molecule has 3 heterocycles. The van der Waals surface area contributed by atoms with Crippen molar-refractivity contribution in [2.24, 2.45) is 0 Å². The van der Waals surface area contributed by atoms with Gasteiger partial charge in [-0.05, 0) is 55.7 Å². The highest BCUT2D eigenvalue weighted by atomic mass is 35.5. The minimum atomic E-state index is -0.384. The molecular formula is C20H22ClN3O3S. The summed E-state index contributed by atoms with van der Waals surface area (Å²) in [6.07, 6.45) is 1.69. The van der Waals surface area contributed by atoms with Gasteiger partial charge in [-0.25, -0.2) is 4.79 Å². The average Bonchev–Trinajstić information content (AvgIpc) is 3.41. The largest absolute Gasteiger partial charge is 0.442 e. The molecule has 2 amide bonds. The van der Waals surface area contributed by atoms with Crippen molar-refractivity contribution in [3.8, 4) is 0 Å². The molecular weight excluding hydrogens is 398 g/mol. The summed E-state index contributed by atoms with van der Waals surface area (Å²) in [5, 5.41) is 2.81. The standard InChI is InChI=1S/C20H22ClN3O3S/c1-13-10-14(4-5-16(13)23-8-2-3-9-23)24-12-15(27-20(24)26)11-22-19(25)17-6-7-18(21)28-17/h4-7,10,15H,2-3,8-9,11-12H2,1H3,(H,22,25). The first-order valence-electron chi connectivity index (χ1n) is 9.38. The van der Waals surface area contributed by atoms with Crippen LogP contribution >= 0.6 is 22.9 Å². The van der Waals surface area contributed by atoms with E-state index >= 15 is 0 Å². The fraction of sp³-hybridized carbons (Fsp3) is 0.400. The Kier molecular flexibility index (Phi) is 5.46. The molecule has 4 rings (SSSR count). The van der Waals surface area contributed by atoms with Crippen LogP contribution in [0.5, 0.6) is 0 Å². The van der Waals surface area contributed by atoms with E-state index in [0.29, 0.717) is 15.8 Å². The Labute approximate surface area is 173 Å². The molecule has 2 aliphatic heterocycles. The summed E-state index contributed by atoms with van der Waals surface area (Å²) in [5.41, 5.74) is 3.20. The van der Waals surface area contributed by atoms with Gasteiger partial charge in [0.1, 0.15) is 6.10 Å². The Hall–Kier alpha value is -2.25. The summed E-state index contributed by atoms with van der Waals surface area (Å²) in [6.45, 7) is 4.92. The normalized spacial score (nSPS) is 19.2. The lowest BCUT2D eigenvalue weighted by Gasteiger charge is -2.22. The second kappa shape index (κ2) is 8.01. The number of thiophene rings is 1. The van der Waals surface area contributed by atoms with Crippen LogP contribution in [0.1, 0.15) is 28.1 Å². The predicted octanol–water partition coefficient (Wildman–Crippen LogP) is 4.07. The summed E-state index contributed by atoms with van der Waals surface area (Å²) < 4.78 is 6.00. The molecule has 0 bridgehead atoms. The third-order valence-electron chi connectivity index (χ3n) is 5.10. The van der Waals surface area contributed by atoms with Gasteiger partial charge < -0.3 is 15.0 Å². The van der Waals surface area contributed by atoms with Crippen molar-refractivity contribution in [1.29, 1.82) is 0 Å². The van der Waals surface area contributed by atoms with Crippen molar-refractivity contribution in [2.45, 2.75) is 25.9 Å². The number of hydrogen-bond donors (Lipinski definition) is 1. The van der Waals surface area contributed by atoms with Crippen LogP contribution in [0.3, 0.4) is 0 Å². The van der Waals surface area contributed by atoms with E-state index < -0.39 is 0 Å². The highest BCUT2D eigenvalue weighted by molar-refractivity contribution is 7.17. The molecule has 2 aromatic rings. The summed E-state index contributed by atoms with van der Waals surface area (Å²) in [4.78, 5) is 29.0. The third-order valence-corrected chi connectivity index (χ3v) is 6.33. The Morgan fingerprint density at radius 2 is 2.07 bits per heavy atom. The molecule has 1 aromatic carbocycles. The number of carbonyl (C=O) groups excluding carboxylic acids is 2. The molecule has 1 N–H and O–H groups in total. The second-order valence-electron chi connectivity index (χ2n) is 7.10. The summed E-state index contributed by atoms with van der Waals surface area (Å²) in [7, 11) is 0. The molecule has 0 radical (unpaired) electrons. The lowest BCUT2D eigenvalue weighted by molar-refractivity contribution is 0.0920. The number of anilines is 2. The van der Waals surface area contributed by atoms with E-state index in [-0.39, 0.29) is 24.6 Å². The number of aryl methyl sites for hydroxylation is 1. The maximum Gasteiger partial charge on any atom is 0.414 e. The monoisotopic (exact) mass is 419 g/mol. The smallest absolute Gasteiger partial charge is 0.414 e. The molecule has 8 heteroatoms. The Morgan fingerprint density at radius 3 is 2.75 bits per heavy atom. The van der Waals surface area contributed by atoms with Gasteiger partial charge in [0.15, 0.2) is 0 Å². The lowest BCUT2D eigenvalue weighted by Crippen LogP contribution is -2.34. The van der Waals surface area contributed by atoms with Gasteiger partial charge in [0.2, 0.25) is 0 Å². The average molecular weight is 420 g/mol. The van der Waals surface area contributed by atoms with Crippen molar-refractivity contribution in [3.05, 3.63) is 45.1 Å². The van der Waals surface area contributed by atoms with E-state index in [9.17, 15) is 9.59 Å². The highest BCUT2D eigenvalue weighted by Gasteiger charge is 2.33. The van der Waals surface area contributed by atoms with E-state index in [1.54, 1.807) is 17.0 Å². The van der Waals surface area contributed by atoms with Crippen LogP contribution in [0, 0.1) is 6.92 Å². The first-order valence-corrected chi connectivity index (χ1v) is 10.6. The molecule has 0 saturated carbocycles. The number of carbonyl (C=O) groups is 2. The van der Waals surface area contributed by atoms with Gasteiger partial charge in [0.25, 0.3) is 5.91 Å². The number of benzene rings is 1. The maximum atomic E-state index is 12.3. The topological polar surface area (TPSA) is 61.9 Å². The van der Waals surface area contributed by atoms with E-state index in [1.807, 2.05) is 12.1 Å². The summed E-state index contributed by atoms with van der Waals surface area (Å²) in [5.74, 6) is -0.211. The number of rotatable bonds is 5. The Bertz CT molecular complexity index is 895. The van der Waals surface area contributed by atoms with Crippen LogP contribution in [0.25, 0.3) is 0 Å². The highest BCUT2D eigenvalue weighted by Crippen LogP contribution is 2.30. The maximum absolute atomic E-state index is 12.3. The van der Waals surface area contributed by atoms with Crippen molar-refractivity contribution < 1.29 is 14.3 Å². The number of halogens is 1. The molecule has 6 nitrogen and oxygen atoms in total. The zero-order chi connectivity index (χ0) is 19.7. The zero-order valence-corrected chi connectivity index (χ0v) is 17.2. The van der Waals surface area contributed by atoms with Crippen molar-refractivity contribution in [3.63, 3.8) is 0 Å². The fourth-order valence-electron chi connectivity index (χ4n) is 3.69.